The van der Waals surface area contributed by atoms with Crippen molar-refractivity contribution >= 4 is 99.5 Å². The van der Waals surface area contributed by atoms with Crippen LogP contribution in [0.25, 0.3) is 110 Å². The fourth-order valence-corrected chi connectivity index (χ4v) is 11.8. The molecule has 15 rings (SSSR count). The highest BCUT2D eigenvalue weighted by Gasteiger charge is 2.24. The smallest absolute Gasteiger partial charge is 0.154 e. The number of anilines is 6. The van der Waals surface area contributed by atoms with E-state index < -0.39 is 0 Å². The first-order chi connectivity index (χ1) is 39.6. The molecular weight excluding hydrogens is 975 g/mol. The van der Waals surface area contributed by atoms with Crippen LogP contribution in [0.4, 0.5) is 34.1 Å². The van der Waals surface area contributed by atoms with Crippen LogP contribution in [-0.4, -0.2) is 0 Å². The number of nitrogens with zero attached hydrogens (tertiary/aromatic N) is 3. The molecule has 5 heteroatoms. The average Bonchev–Trinajstić information content (AvgIpc) is 4.23. The number of rotatable bonds is 10. The van der Waals surface area contributed by atoms with E-state index in [1.54, 1.807) is 0 Å². The summed E-state index contributed by atoms with van der Waals surface area (Å²) in [5, 5.41) is 18.6. The van der Waals surface area contributed by atoms with Gasteiger partial charge in [0.2, 0.25) is 0 Å². The molecule has 0 fully saturated rings. The molecule has 0 N–H and O–H groups in total. The number of nitriles is 1. The highest BCUT2D eigenvalue weighted by Crippen LogP contribution is 2.48. The number of furan rings is 2. The summed E-state index contributed by atoms with van der Waals surface area (Å²) in [6.07, 6.45) is 0. The van der Waals surface area contributed by atoms with E-state index >= 15 is 0 Å². The molecule has 374 valence electrons. The molecule has 0 spiro atoms. The van der Waals surface area contributed by atoms with Crippen LogP contribution < -0.4 is 9.80 Å². The minimum atomic E-state index is 0.423. The lowest BCUT2D eigenvalue weighted by atomic mass is 9.96. The fraction of sp³-hybridized carbons (Fsp3) is 0. The van der Waals surface area contributed by atoms with E-state index in [-0.39, 0.29) is 0 Å². The fourth-order valence-electron chi connectivity index (χ4n) is 11.8. The lowest BCUT2D eigenvalue weighted by molar-refractivity contribution is 0.662. The first-order valence-electron chi connectivity index (χ1n) is 26.9. The van der Waals surface area contributed by atoms with Crippen LogP contribution in [0.15, 0.2) is 294 Å². The average molecular weight is 1020 g/mol. The SMILES string of the molecule is N#Cc1cc2oc3cc4cc(N(c5ccccc5)c5cc(-c6ccccc6)ccc5-c5ccccc5)ccc4cc3c2c2c1oc1cc3cc(N(c4ccccc4)c4cc(-c5ccccc5)ccc4-c4ccccc4)ccc3cc12. The van der Waals surface area contributed by atoms with Crippen molar-refractivity contribution in [2.75, 3.05) is 9.80 Å². The summed E-state index contributed by atoms with van der Waals surface area (Å²) >= 11 is 0. The quantitative estimate of drug-likeness (QED) is 0.137. The maximum absolute atomic E-state index is 10.7. The predicted molar refractivity (Wildman–Crippen MR) is 332 cm³/mol. The van der Waals surface area contributed by atoms with Crippen LogP contribution in [0.5, 0.6) is 0 Å². The molecule has 0 saturated carbocycles. The van der Waals surface area contributed by atoms with E-state index in [9.17, 15) is 5.26 Å². The van der Waals surface area contributed by atoms with Crippen molar-refractivity contribution in [1.29, 1.82) is 5.26 Å². The predicted octanol–water partition coefficient (Wildman–Crippen LogP) is 21.3. The van der Waals surface area contributed by atoms with Gasteiger partial charge in [-0.3, -0.25) is 0 Å². The molecule has 0 saturated heterocycles. The minimum absolute atomic E-state index is 0.423. The summed E-state index contributed by atoms with van der Waals surface area (Å²) in [6.45, 7) is 0. The van der Waals surface area contributed by atoms with Crippen molar-refractivity contribution in [1.82, 2.24) is 0 Å². The Morgan fingerprint density at radius 1 is 0.287 bits per heavy atom. The number of benzene rings is 13. The summed E-state index contributed by atoms with van der Waals surface area (Å²) in [4.78, 5) is 4.71. The molecule has 2 heterocycles. The molecule has 0 bridgehead atoms. The van der Waals surface area contributed by atoms with E-state index in [1.165, 1.54) is 0 Å². The van der Waals surface area contributed by atoms with Crippen molar-refractivity contribution in [3.8, 4) is 50.6 Å². The molecule has 0 atom stereocenters. The lowest BCUT2D eigenvalue weighted by Gasteiger charge is -2.29. The Labute approximate surface area is 462 Å². The standard InChI is InChI=1S/C75H47N3O2/c76-48-59-47-72-73(66-41-53-31-35-62(39-57(53)45-70(66)79-72)77(60-27-15-5-16-28-60)68-43-55(49-19-7-1-8-20-49)33-37-64(68)51-23-11-3-12-24-51)74-67-42-54-32-36-63(40-58(54)46-71(67)80-75(59)74)78(61-29-17-6-18-30-61)69-44-56(50-21-9-2-10-22-50)34-38-65(69)52-25-13-4-14-26-52/h1-47H. The molecule has 0 aliphatic rings. The van der Waals surface area contributed by atoms with Crippen LogP contribution in [-0.2, 0) is 0 Å². The summed E-state index contributed by atoms with van der Waals surface area (Å²) < 4.78 is 13.6. The van der Waals surface area contributed by atoms with E-state index in [4.69, 9.17) is 8.83 Å². The van der Waals surface area contributed by atoms with E-state index in [2.05, 4.69) is 295 Å². The second kappa shape index (κ2) is 19.3. The van der Waals surface area contributed by atoms with Crippen molar-refractivity contribution in [2.24, 2.45) is 0 Å². The van der Waals surface area contributed by atoms with Gasteiger partial charge in [-0.05, 0) is 140 Å². The lowest BCUT2D eigenvalue weighted by Crippen LogP contribution is -2.11. The zero-order valence-corrected chi connectivity index (χ0v) is 43.3. The first-order valence-corrected chi connectivity index (χ1v) is 26.9. The van der Waals surface area contributed by atoms with Crippen molar-refractivity contribution in [3.05, 3.63) is 291 Å². The van der Waals surface area contributed by atoms with Crippen molar-refractivity contribution in [3.63, 3.8) is 0 Å². The van der Waals surface area contributed by atoms with Gasteiger partial charge in [-0.1, -0.05) is 194 Å². The van der Waals surface area contributed by atoms with Gasteiger partial charge in [0.25, 0.3) is 0 Å². The Hall–Kier alpha value is -10.9. The molecule has 2 aromatic heterocycles. The second-order valence-corrected chi connectivity index (χ2v) is 20.3. The van der Waals surface area contributed by atoms with Gasteiger partial charge in [0, 0.05) is 61.5 Å². The first kappa shape index (κ1) is 46.4. The third-order valence-corrected chi connectivity index (χ3v) is 15.6. The third kappa shape index (κ3) is 8.02. The van der Waals surface area contributed by atoms with Crippen LogP contribution in [0.2, 0.25) is 0 Å². The topological polar surface area (TPSA) is 56.6 Å². The Morgan fingerprint density at radius 2 is 0.700 bits per heavy atom. The number of fused-ring (bicyclic) bond motifs is 9. The van der Waals surface area contributed by atoms with Gasteiger partial charge in [0.1, 0.15) is 22.8 Å². The van der Waals surface area contributed by atoms with Crippen molar-refractivity contribution in [2.45, 2.75) is 0 Å². The zero-order chi connectivity index (χ0) is 53.1. The molecule has 0 aliphatic heterocycles. The highest BCUT2D eigenvalue weighted by atomic mass is 16.3. The summed E-state index contributed by atoms with van der Waals surface area (Å²) in [5.74, 6) is 0. The summed E-state index contributed by atoms with van der Waals surface area (Å²) in [6, 6.07) is 103. The van der Waals surface area contributed by atoms with Gasteiger partial charge in [0.05, 0.1) is 16.9 Å². The van der Waals surface area contributed by atoms with E-state index in [0.29, 0.717) is 22.3 Å². The molecule has 5 nitrogen and oxygen atoms in total. The molecule has 0 unspecified atom stereocenters. The Kier molecular flexibility index (Phi) is 11.2. The summed E-state index contributed by atoms with van der Waals surface area (Å²) in [7, 11) is 0. The van der Waals surface area contributed by atoms with Crippen LogP contribution in [0.3, 0.4) is 0 Å². The van der Waals surface area contributed by atoms with Gasteiger partial charge in [0.15, 0.2) is 5.58 Å². The zero-order valence-electron chi connectivity index (χ0n) is 43.3. The summed E-state index contributed by atoms with van der Waals surface area (Å²) in [5.41, 5.74) is 18.3. The molecule has 15 aromatic rings. The number of para-hydroxylation sites is 2. The Morgan fingerprint density at radius 3 is 1.15 bits per heavy atom. The van der Waals surface area contributed by atoms with Crippen LogP contribution >= 0.6 is 0 Å². The third-order valence-electron chi connectivity index (χ3n) is 15.6. The molecule has 0 amide bonds. The normalized spacial score (nSPS) is 11.5. The number of hydrogen-bond donors (Lipinski definition) is 0. The van der Waals surface area contributed by atoms with Gasteiger partial charge >= 0.3 is 0 Å². The van der Waals surface area contributed by atoms with Gasteiger partial charge in [-0.25, -0.2) is 0 Å². The van der Waals surface area contributed by atoms with Crippen LogP contribution in [0.1, 0.15) is 5.56 Å². The van der Waals surface area contributed by atoms with E-state index in [1.807, 2.05) is 6.07 Å². The maximum atomic E-state index is 10.7. The maximum Gasteiger partial charge on any atom is 0.154 e. The van der Waals surface area contributed by atoms with Gasteiger partial charge in [-0.15, -0.1) is 0 Å². The molecule has 80 heavy (non-hydrogen) atoms. The van der Waals surface area contributed by atoms with Gasteiger partial charge < -0.3 is 18.6 Å². The molecule has 0 radical (unpaired) electrons. The largest absolute Gasteiger partial charge is 0.456 e. The minimum Gasteiger partial charge on any atom is -0.456 e. The monoisotopic (exact) mass is 1020 g/mol. The number of hydrogen-bond acceptors (Lipinski definition) is 5. The van der Waals surface area contributed by atoms with E-state index in [0.717, 1.165) is 127 Å². The molecule has 0 aliphatic carbocycles. The second-order valence-electron chi connectivity index (χ2n) is 20.3. The Bertz CT molecular complexity index is 4880. The van der Waals surface area contributed by atoms with Crippen LogP contribution in [0, 0.1) is 11.3 Å². The Balaban J connectivity index is 0.879. The molecule has 13 aromatic carbocycles. The van der Waals surface area contributed by atoms with Crippen molar-refractivity contribution < 1.29 is 8.83 Å². The molecular formula is C75H47N3O2. The highest BCUT2D eigenvalue weighted by molar-refractivity contribution is 6.29. The van der Waals surface area contributed by atoms with Gasteiger partial charge in [-0.2, -0.15) is 5.26 Å².